The Hall–Kier alpha value is -0.390. The van der Waals surface area contributed by atoms with Crippen molar-refractivity contribution in [2.45, 2.75) is 10.4 Å². The average Bonchev–Trinajstić information content (AvgIpc) is 1.91. The van der Waals surface area contributed by atoms with Gasteiger partial charge in [-0.2, -0.15) is 13.2 Å². The first-order valence-electron chi connectivity index (χ1n) is 3.15. The molecule has 0 saturated heterocycles. The summed E-state index contributed by atoms with van der Waals surface area (Å²) in [5.41, 5.74) is 0.0717. The van der Waals surface area contributed by atoms with Crippen molar-refractivity contribution in [2.24, 2.45) is 0 Å². The fourth-order valence-electron chi connectivity index (χ4n) is 0.691. The molecule has 0 aliphatic heterocycles. The predicted molar refractivity (Wildman–Crippen MR) is 40.9 cm³/mol. The third-order valence-corrected chi connectivity index (χ3v) is 1.90. The monoisotopic (exact) mass is 229 g/mol. The first kappa shape index (κ1) is 12.6. The van der Waals surface area contributed by atoms with E-state index in [0.717, 1.165) is 0 Å². The maximum atomic E-state index is 11.8. The Bertz CT molecular complexity index is 259. The molecule has 0 spiro atoms. The molecule has 1 aromatic rings. The number of rotatable bonds is 1. The Labute approximate surface area is 83.9 Å². The number of hydrogen-bond acceptors (Lipinski definition) is 1. The van der Waals surface area contributed by atoms with Crippen LogP contribution in [0.15, 0.2) is 29.2 Å². The van der Waals surface area contributed by atoms with Crippen molar-refractivity contribution in [3.05, 3.63) is 24.3 Å². The van der Waals surface area contributed by atoms with Crippen molar-refractivity contribution in [3.63, 3.8) is 0 Å². The van der Waals surface area contributed by atoms with E-state index in [-0.39, 0.29) is 29.1 Å². The van der Waals surface area contributed by atoms with Gasteiger partial charge in [-0.15, -0.1) is 0 Å². The van der Waals surface area contributed by atoms with Gasteiger partial charge in [0.15, 0.2) is 0 Å². The summed E-state index contributed by atoms with van der Waals surface area (Å²) in [4.78, 5) is 0.190. The molecule has 0 bridgehead atoms. The molecule has 0 radical (unpaired) electrons. The molecular formula is C7H7ClF3NS. The summed E-state index contributed by atoms with van der Waals surface area (Å²) in [6.07, 6.45) is 0. The predicted octanol–water partition coefficient (Wildman–Crippen LogP) is -0.824. The second-order valence-corrected chi connectivity index (χ2v) is 3.33. The topological polar surface area (TPSA) is 27.6 Å². The second-order valence-electron chi connectivity index (χ2n) is 2.19. The molecule has 0 saturated carbocycles. The highest BCUT2D eigenvalue weighted by Gasteiger charge is 2.28. The van der Waals surface area contributed by atoms with Crippen molar-refractivity contribution < 1.29 is 31.3 Å². The fourth-order valence-corrected chi connectivity index (χ4v) is 1.23. The van der Waals surface area contributed by atoms with Crippen molar-refractivity contribution in [1.29, 1.82) is 0 Å². The molecule has 0 fully saturated rings. The molecule has 6 heteroatoms. The number of alkyl halides is 3. The van der Waals surface area contributed by atoms with Gasteiger partial charge in [-0.3, -0.25) is 0 Å². The van der Waals surface area contributed by atoms with Crippen LogP contribution < -0.4 is 18.1 Å². The molecule has 1 nitrogen and oxygen atoms in total. The van der Waals surface area contributed by atoms with Crippen LogP contribution in [0.1, 0.15) is 0 Å². The largest absolute Gasteiger partial charge is 1.00 e. The highest BCUT2D eigenvalue weighted by molar-refractivity contribution is 8.00. The Morgan fingerprint density at radius 3 is 1.92 bits per heavy atom. The standard InChI is InChI=1S/C7H6F3NS.ClH/c8-7(9,10)12-6-3-1-5(11)2-4-6;/h1-4H,11H2;1H. The van der Waals surface area contributed by atoms with Crippen LogP contribution in [0.3, 0.4) is 0 Å². The van der Waals surface area contributed by atoms with Crippen molar-refractivity contribution in [1.82, 2.24) is 0 Å². The number of quaternary nitrogens is 1. The van der Waals surface area contributed by atoms with E-state index in [2.05, 4.69) is 5.73 Å². The van der Waals surface area contributed by atoms with Crippen LogP contribution in [-0.2, 0) is 0 Å². The third-order valence-electron chi connectivity index (χ3n) is 1.16. The molecule has 13 heavy (non-hydrogen) atoms. The van der Waals surface area contributed by atoms with E-state index in [1.54, 1.807) is 12.1 Å². The molecule has 74 valence electrons. The SMILES string of the molecule is [Cl-].[NH3+]c1ccc(SC(F)(F)F)cc1. The molecule has 0 atom stereocenters. The minimum Gasteiger partial charge on any atom is -1.00 e. The van der Waals surface area contributed by atoms with Crippen LogP contribution >= 0.6 is 11.8 Å². The van der Waals surface area contributed by atoms with Crippen LogP contribution in [-0.4, -0.2) is 5.51 Å². The van der Waals surface area contributed by atoms with E-state index in [1.165, 1.54) is 12.1 Å². The second kappa shape index (κ2) is 4.74. The number of thioether (sulfide) groups is 1. The van der Waals surface area contributed by atoms with Gasteiger partial charge in [-0.05, 0) is 36.0 Å². The molecule has 1 aromatic carbocycles. The fraction of sp³-hybridized carbons (Fsp3) is 0.143. The zero-order valence-corrected chi connectivity index (χ0v) is 8.01. The molecule has 1 rings (SSSR count). The minimum atomic E-state index is -4.21. The molecular weight excluding hydrogens is 223 g/mol. The number of hydrogen-bond donors (Lipinski definition) is 1. The highest BCUT2D eigenvalue weighted by Crippen LogP contribution is 2.36. The summed E-state index contributed by atoms with van der Waals surface area (Å²) in [5, 5.41) is 0. The number of benzene rings is 1. The van der Waals surface area contributed by atoms with Gasteiger partial charge in [-0.1, -0.05) is 0 Å². The van der Waals surface area contributed by atoms with Crippen molar-refractivity contribution in [2.75, 3.05) is 0 Å². The molecule has 0 aromatic heterocycles. The highest BCUT2D eigenvalue weighted by atomic mass is 35.5. The van der Waals surface area contributed by atoms with E-state index in [1.807, 2.05) is 0 Å². The molecule has 0 unspecified atom stereocenters. The molecule has 0 aliphatic rings. The Morgan fingerprint density at radius 2 is 1.54 bits per heavy atom. The van der Waals surface area contributed by atoms with Crippen LogP contribution in [0, 0.1) is 0 Å². The van der Waals surface area contributed by atoms with Gasteiger partial charge in [0.25, 0.3) is 0 Å². The van der Waals surface area contributed by atoms with Crippen molar-refractivity contribution in [3.8, 4) is 0 Å². The summed E-state index contributed by atoms with van der Waals surface area (Å²) in [6.45, 7) is 0. The maximum absolute atomic E-state index is 11.8. The van der Waals surface area contributed by atoms with Gasteiger partial charge in [0, 0.05) is 4.90 Å². The van der Waals surface area contributed by atoms with Gasteiger partial charge in [0.2, 0.25) is 0 Å². The van der Waals surface area contributed by atoms with E-state index in [0.29, 0.717) is 5.69 Å². The Balaban J connectivity index is 0.00000144. The summed E-state index contributed by atoms with van der Waals surface area (Å²) >= 11 is -0.118. The third kappa shape index (κ3) is 5.02. The average molecular weight is 230 g/mol. The molecule has 0 amide bonds. The van der Waals surface area contributed by atoms with Gasteiger partial charge >= 0.3 is 5.51 Å². The Morgan fingerprint density at radius 1 is 1.08 bits per heavy atom. The zero-order chi connectivity index (χ0) is 9.19. The van der Waals surface area contributed by atoms with E-state index in [4.69, 9.17) is 0 Å². The quantitative estimate of drug-likeness (QED) is 0.626. The first-order valence-corrected chi connectivity index (χ1v) is 3.97. The lowest BCUT2D eigenvalue weighted by atomic mass is 10.3. The van der Waals surface area contributed by atoms with E-state index in [9.17, 15) is 13.2 Å². The Kier molecular flexibility index (Phi) is 4.60. The van der Waals surface area contributed by atoms with Crippen LogP contribution in [0.25, 0.3) is 0 Å². The summed E-state index contributed by atoms with van der Waals surface area (Å²) in [6, 6.07) is 5.91. The molecule has 0 heterocycles. The van der Waals surface area contributed by atoms with Crippen LogP contribution in [0.2, 0.25) is 0 Å². The summed E-state index contributed by atoms with van der Waals surface area (Å²) in [5.74, 6) is 0. The van der Waals surface area contributed by atoms with E-state index >= 15 is 0 Å². The zero-order valence-electron chi connectivity index (χ0n) is 6.44. The number of halogens is 4. The van der Waals surface area contributed by atoms with Gasteiger partial charge in [0.05, 0.1) is 0 Å². The molecule has 3 N–H and O–H groups in total. The summed E-state index contributed by atoms with van der Waals surface area (Å²) in [7, 11) is 0. The van der Waals surface area contributed by atoms with Gasteiger partial charge in [-0.25, -0.2) is 0 Å². The van der Waals surface area contributed by atoms with Gasteiger partial charge < -0.3 is 18.1 Å². The molecule has 0 aliphatic carbocycles. The van der Waals surface area contributed by atoms with Crippen molar-refractivity contribution >= 4 is 17.4 Å². The maximum Gasteiger partial charge on any atom is 0.446 e. The lowest BCUT2D eigenvalue weighted by Gasteiger charge is -2.03. The van der Waals surface area contributed by atoms with Gasteiger partial charge in [0.1, 0.15) is 5.69 Å². The van der Waals surface area contributed by atoms with Crippen LogP contribution in [0.5, 0.6) is 0 Å². The summed E-state index contributed by atoms with van der Waals surface area (Å²) < 4.78 is 35.4. The lowest BCUT2D eigenvalue weighted by Crippen LogP contribution is -3.00. The first-order chi connectivity index (χ1) is 5.47. The normalized spacial score (nSPS) is 10.8. The van der Waals surface area contributed by atoms with Crippen LogP contribution in [0.4, 0.5) is 18.9 Å². The smallest absolute Gasteiger partial charge is 0.446 e. The van der Waals surface area contributed by atoms with E-state index < -0.39 is 5.51 Å². The lowest BCUT2D eigenvalue weighted by molar-refractivity contribution is -0.254. The minimum absolute atomic E-state index is 0.